The number of hydrogen-bond acceptors (Lipinski definition) is 5. The van der Waals surface area contributed by atoms with Gasteiger partial charge >= 0.3 is 0 Å². The Labute approximate surface area is 161 Å². The van der Waals surface area contributed by atoms with Gasteiger partial charge in [-0.3, -0.25) is 9.88 Å². The summed E-state index contributed by atoms with van der Waals surface area (Å²) in [5.41, 5.74) is 5.05. The molecule has 5 nitrogen and oxygen atoms in total. The highest BCUT2D eigenvalue weighted by molar-refractivity contribution is 5.68. The molecule has 2 aromatic rings. The summed E-state index contributed by atoms with van der Waals surface area (Å²) >= 11 is 0. The number of hydrogen-bond donors (Lipinski definition) is 1. The molecule has 27 heavy (non-hydrogen) atoms. The second-order valence-electron chi connectivity index (χ2n) is 7.55. The summed E-state index contributed by atoms with van der Waals surface area (Å²) in [5, 5.41) is 3.43. The Morgan fingerprint density at radius 2 is 1.93 bits per heavy atom. The molecule has 2 aliphatic rings. The SMILES string of the molecule is C=Cc1cc(Nc2ncnc3c2CN(CC2CCCCC2)C3)cnc1C=C. The Morgan fingerprint density at radius 1 is 1.07 bits per heavy atom. The maximum atomic E-state index is 4.53. The van der Waals surface area contributed by atoms with Crippen LogP contribution in [0, 0.1) is 5.92 Å². The normalized spacial score (nSPS) is 17.5. The van der Waals surface area contributed by atoms with Gasteiger partial charge in [0.05, 0.1) is 23.3 Å². The van der Waals surface area contributed by atoms with E-state index in [1.54, 1.807) is 18.5 Å². The van der Waals surface area contributed by atoms with Crippen molar-refractivity contribution in [3.63, 3.8) is 0 Å². The molecule has 0 unspecified atom stereocenters. The fourth-order valence-corrected chi connectivity index (χ4v) is 4.25. The van der Waals surface area contributed by atoms with Crippen LogP contribution in [0.1, 0.15) is 54.6 Å². The zero-order valence-electron chi connectivity index (χ0n) is 15.8. The molecule has 140 valence electrons. The molecule has 0 spiro atoms. The van der Waals surface area contributed by atoms with Crippen LogP contribution in [-0.2, 0) is 13.1 Å². The van der Waals surface area contributed by atoms with E-state index in [1.165, 1.54) is 44.2 Å². The van der Waals surface area contributed by atoms with Crippen LogP contribution in [0.4, 0.5) is 11.5 Å². The number of pyridine rings is 1. The number of anilines is 2. The van der Waals surface area contributed by atoms with Crippen molar-refractivity contribution in [2.24, 2.45) is 5.92 Å². The Morgan fingerprint density at radius 3 is 2.70 bits per heavy atom. The predicted molar refractivity (Wildman–Crippen MR) is 110 cm³/mol. The number of fused-ring (bicyclic) bond motifs is 1. The van der Waals surface area contributed by atoms with Crippen LogP contribution in [0.15, 0.2) is 31.7 Å². The highest BCUT2D eigenvalue weighted by atomic mass is 15.2. The van der Waals surface area contributed by atoms with Gasteiger partial charge < -0.3 is 5.32 Å². The van der Waals surface area contributed by atoms with Gasteiger partial charge in [-0.25, -0.2) is 9.97 Å². The van der Waals surface area contributed by atoms with Gasteiger partial charge in [-0.15, -0.1) is 0 Å². The third-order valence-electron chi connectivity index (χ3n) is 5.66. The smallest absolute Gasteiger partial charge is 0.138 e. The van der Waals surface area contributed by atoms with Crippen molar-refractivity contribution < 1.29 is 0 Å². The van der Waals surface area contributed by atoms with Crippen LogP contribution < -0.4 is 5.32 Å². The first-order valence-electron chi connectivity index (χ1n) is 9.84. The zero-order valence-corrected chi connectivity index (χ0v) is 15.8. The molecule has 0 aromatic carbocycles. The van der Waals surface area contributed by atoms with E-state index in [-0.39, 0.29) is 0 Å². The first-order valence-corrected chi connectivity index (χ1v) is 9.84. The van der Waals surface area contributed by atoms with Crippen molar-refractivity contribution in [2.75, 3.05) is 11.9 Å². The lowest BCUT2D eigenvalue weighted by Gasteiger charge is -2.26. The van der Waals surface area contributed by atoms with Gasteiger partial charge in [0.2, 0.25) is 0 Å². The van der Waals surface area contributed by atoms with Crippen LogP contribution in [0.3, 0.4) is 0 Å². The van der Waals surface area contributed by atoms with E-state index >= 15 is 0 Å². The molecule has 1 aliphatic carbocycles. The number of nitrogens with one attached hydrogen (secondary N) is 1. The summed E-state index contributed by atoms with van der Waals surface area (Å²) in [6.45, 7) is 10.7. The molecule has 0 radical (unpaired) electrons. The Bertz CT molecular complexity index is 839. The molecule has 1 aliphatic heterocycles. The molecular weight excluding hydrogens is 334 g/mol. The summed E-state index contributed by atoms with van der Waals surface area (Å²) in [7, 11) is 0. The third kappa shape index (κ3) is 3.93. The molecule has 1 fully saturated rings. The highest BCUT2D eigenvalue weighted by Gasteiger charge is 2.26. The Balaban J connectivity index is 1.49. The average Bonchev–Trinajstić information content (AvgIpc) is 3.12. The van der Waals surface area contributed by atoms with Gasteiger partial charge in [-0.2, -0.15) is 0 Å². The van der Waals surface area contributed by atoms with E-state index in [0.717, 1.165) is 47.5 Å². The summed E-state index contributed by atoms with van der Waals surface area (Å²) in [6.07, 6.45) is 13.9. The summed E-state index contributed by atoms with van der Waals surface area (Å²) in [6, 6.07) is 2.03. The van der Waals surface area contributed by atoms with Gasteiger partial charge in [0.25, 0.3) is 0 Å². The molecule has 1 N–H and O–H groups in total. The highest BCUT2D eigenvalue weighted by Crippen LogP contribution is 2.31. The Hall–Kier alpha value is -2.53. The second kappa shape index (κ2) is 8.01. The molecule has 0 atom stereocenters. The predicted octanol–water partition coefficient (Wildman–Crippen LogP) is 4.80. The van der Waals surface area contributed by atoms with Gasteiger partial charge in [-0.1, -0.05) is 38.5 Å². The minimum Gasteiger partial charge on any atom is -0.339 e. The zero-order chi connectivity index (χ0) is 18.6. The first-order chi connectivity index (χ1) is 13.3. The molecule has 1 saturated carbocycles. The monoisotopic (exact) mass is 361 g/mol. The van der Waals surface area contributed by atoms with Crippen molar-refractivity contribution in [1.29, 1.82) is 0 Å². The maximum Gasteiger partial charge on any atom is 0.138 e. The minimum atomic E-state index is 0.835. The maximum absolute atomic E-state index is 4.53. The van der Waals surface area contributed by atoms with Gasteiger partial charge in [0.15, 0.2) is 0 Å². The Kier molecular flexibility index (Phi) is 5.30. The topological polar surface area (TPSA) is 53.9 Å². The van der Waals surface area contributed by atoms with Crippen molar-refractivity contribution in [1.82, 2.24) is 19.9 Å². The molecular formula is C22H27N5. The fraction of sp³-hybridized carbons (Fsp3) is 0.409. The lowest BCUT2D eigenvalue weighted by Crippen LogP contribution is -2.26. The van der Waals surface area contributed by atoms with Crippen LogP contribution in [0.2, 0.25) is 0 Å². The lowest BCUT2D eigenvalue weighted by molar-refractivity contribution is 0.202. The summed E-state index contributed by atoms with van der Waals surface area (Å²) < 4.78 is 0. The van der Waals surface area contributed by atoms with E-state index in [1.807, 2.05) is 12.3 Å². The third-order valence-corrected chi connectivity index (χ3v) is 5.66. The number of nitrogens with zero attached hydrogens (tertiary/aromatic N) is 4. The van der Waals surface area contributed by atoms with Crippen LogP contribution in [0.25, 0.3) is 12.2 Å². The minimum absolute atomic E-state index is 0.835. The van der Waals surface area contributed by atoms with Crippen LogP contribution in [0.5, 0.6) is 0 Å². The van der Waals surface area contributed by atoms with Gasteiger partial charge in [-0.05, 0) is 30.9 Å². The molecule has 2 aromatic heterocycles. The van der Waals surface area contributed by atoms with Crippen molar-refractivity contribution in [2.45, 2.75) is 45.2 Å². The molecule has 0 bridgehead atoms. The summed E-state index contributed by atoms with van der Waals surface area (Å²) in [4.78, 5) is 16.0. The van der Waals surface area contributed by atoms with Crippen LogP contribution >= 0.6 is 0 Å². The molecule has 0 saturated heterocycles. The fourth-order valence-electron chi connectivity index (χ4n) is 4.25. The standard InChI is InChI=1S/C22H27N5/c1-3-17-10-18(11-23-20(17)4-2)26-22-19-13-27(14-21(19)24-15-25-22)12-16-8-6-5-7-9-16/h3-4,10-11,15-16H,1-2,5-9,12-14H2,(H,24,25,26). The van der Waals surface area contributed by atoms with Crippen molar-refractivity contribution >= 4 is 23.7 Å². The quantitative estimate of drug-likeness (QED) is 0.801. The van der Waals surface area contributed by atoms with Crippen molar-refractivity contribution in [3.05, 3.63) is 54.3 Å². The van der Waals surface area contributed by atoms with E-state index < -0.39 is 0 Å². The molecule has 5 heteroatoms. The largest absolute Gasteiger partial charge is 0.339 e. The number of rotatable bonds is 6. The summed E-state index contributed by atoms with van der Waals surface area (Å²) in [5.74, 6) is 1.72. The van der Waals surface area contributed by atoms with E-state index in [0.29, 0.717) is 0 Å². The molecule has 0 amide bonds. The van der Waals surface area contributed by atoms with E-state index in [9.17, 15) is 0 Å². The lowest BCUT2D eigenvalue weighted by atomic mass is 9.89. The van der Waals surface area contributed by atoms with E-state index in [4.69, 9.17) is 0 Å². The van der Waals surface area contributed by atoms with Gasteiger partial charge in [0.1, 0.15) is 12.1 Å². The van der Waals surface area contributed by atoms with E-state index in [2.05, 4.69) is 38.3 Å². The van der Waals surface area contributed by atoms with Crippen LogP contribution in [-0.4, -0.2) is 26.4 Å². The average molecular weight is 361 g/mol. The first kappa shape index (κ1) is 17.9. The van der Waals surface area contributed by atoms with Crippen molar-refractivity contribution in [3.8, 4) is 0 Å². The molecule has 4 rings (SSSR count). The van der Waals surface area contributed by atoms with Gasteiger partial charge in [0, 0.05) is 30.8 Å². The molecule has 3 heterocycles. The number of aromatic nitrogens is 3. The second-order valence-corrected chi connectivity index (χ2v) is 7.55.